The molecule has 0 atom stereocenters. The minimum atomic E-state index is -0.996. The second kappa shape index (κ2) is 8.61. The van der Waals surface area contributed by atoms with E-state index in [1.54, 1.807) is 12.1 Å². The number of hydrogen-bond acceptors (Lipinski definition) is 7. The summed E-state index contributed by atoms with van der Waals surface area (Å²) >= 11 is 0. The third kappa shape index (κ3) is 4.92. The third-order valence-electron chi connectivity index (χ3n) is 3.89. The molecule has 0 saturated carbocycles. The van der Waals surface area contributed by atoms with E-state index in [2.05, 4.69) is 0 Å². The van der Waals surface area contributed by atoms with Crippen LogP contribution in [-0.4, -0.2) is 15.8 Å². The van der Waals surface area contributed by atoms with E-state index in [1.807, 2.05) is 30.3 Å². The molecule has 3 aromatic rings. The summed E-state index contributed by atoms with van der Waals surface area (Å²) in [5.41, 5.74) is -0.585. The molecule has 9 heteroatoms. The van der Waals surface area contributed by atoms with Crippen LogP contribution in [0.5, 0.6) is 11.5 Å². The third-order valence-corrected chi connectivity index (χ3v) is 3.89. The fraction of sp³-hybridized carbons (Fsp3) is 0.0500. The van der Waals surface area contributed by atoms with Crippen LogP contribution in [-0.2, 0) is 6.61 Å². The largest absolute Gasteiger partial charge is 0.489 e. The Morgan fingerprint density at radius 2 is 1.48 bits per heavy atom. The van der Waals surface area contributed by atoms with Crippen LogP contribution in [0.3, 0.4) is 0 Å². The smallest absolute Gasteiger partial charge is 0.350 e. The molecule has 0 bridgehead atoms. The molecule has 0 aliphatic heterocycles. The van der Waals surface area contributed by atoms with Crippen LogP contribution >= 0.6 is 0 Å². The van der Waals surface area contributed by atoms with Crippen LogP contribution in [0.1, 0.15) is 15.9 Å². The summed E-state index contributed by atoms with van der Waals surface area (Å²) in [6.45, 7) is 0.370. The van der Waals surface area contributed by atoms with Crippen molar-refractivity contribution in [3.63, 3.8) is 0 Å². The molecule has 146 valence electrons. The number of nitro benzene ring substituents is 2. The minimum absolute atomic E-state index is 0.148. The quantitative estimate of drug-likeness (QED) is 0.253. The van der Waals surface area contributed by atoms with Crippen molar-refractivity contribution in [3.8, 4) is 11.5 Å². The van der Waals surface area contributed by atoms with E-state index in [4.69, 9.17) is 9.47 Å². The molecule has 3 rings (SSSR count). The SMILES string of the molecule is O=C(Oc1ccc(OCc2ccccc2)cc1)c1ccc([N+](=O)[O-])cc1[N+](=O)[O-]. The Bertz CT molecular complexity index is 1050. The van der Waals surface area contributed by atoms with E-state index in [0.717, 1.165) is 23.8 Å². The van der Waals surface area contributed by atoms with E-state index in [1.165, 1.54) is 12.1 Å². The molecule has 0 aliphatic carbocycles. The summed E-state index contributed by atoms with van der Waals surface area (Å²) in [7, 11) is 0. The molecule has 0 saturated heterocycles. The fourth-order valence-electron chi connectivity index (χ4n) is 2.46. The normalized spacial score (nSPS) is 10.2. The summed E-state index contributed by atoms with van der Waals surface area (Å²) in [5, 5.41) is 21.9. The van der Waals surface area contributed by atoms with Crippen LogP contribution in [0.15, 0.2) is 72.8 Å². The molecule has 9 nitrogen and oxygen atoms in total. The van der Waals surface area contributed by atoms with Gasteiger partial charge < -0.3 is 9.47 Å². The summed E-state index contributed by atoms with van der Waals surface area (Å²) < 4.78 is 10.8. The molecular weight excluding hydrogens is 380 g/mol. The second-order valence-electron chi connectivity index (χ2n) is 5.85. The van der Waals surface area contributed by atoms with Crippen LogP contribution in [0.25, 0.3) is 0 Å². The molecule has 0 aliphatic rings. The molecule has 3 aromatic carbocycles. The number of benzene rings is 3. The predicted octanol–water partition coefficient (Wildman–Crippen LogP) is 4.30. The van der Waals surface area contributed by atoms with E-state index < -0.39 is 27.2 Å². The average Bonchev–Trinajstić information content (AvgIpc) is 2.73. The Balaban J connectivity index is 1.69. The van der Waals surface area contributed by atoms with Crippen molar-refractivity contribution in [2.24, 2.45) is 0 Å². The molecule has 0 aromatic heterocycles. The second-order valence-corrected chi connectivity index (χ2v) is 5.85. The number of hydrogen-bond donors (Lipinski definition) is 0. The number of ether oxygens (including phenoxy) is 2. The van der Waals surface area contributed by atoms with Crippen LogP contribution in [0.4, 0.5) is 11.4 Å². The van der Waals surface area contributed by atoms with E-state index in [-0.39, 0.29) is 11.3 Å². The average molecular weight is 394 g/mol. The molecule has 0 fully saturated rings. The van der Waals surface area contributed by atoms with Crippen molar-refractivity contribution >= 4 is 17.3 Å². The lowest BCUT2D eigenvalue weighted by Crippen LogP contribution is -2.11. The van der Waals surface area contributed by atoms with E-state index in [9.17, 15) is 25.0 Å². The lowest BCUT2D eigenvalue weighted by molar-refractivity contribution is -0.394. The highest BCUT2D eigenvalue weighted by atomic mass is 16.6. The van der Waals surface area contributed by atoms with Gasteiger partial charge in [0, 0.05) is 6.07 Å². The molecule has 0 amide bonds. The zero-order chi connectivity index (χ0) is 20.8. The molecule has 0 N–H and O–H groups in total. The maximum Gasteiger partial charge on any atom is 0.350 e. The van der Waals surface area contributed by atoms with Gasteiger partial charge in [-0.15, -0.1) is 0 Å². The van der Waals surface area contributed by atoms with Gasteiger partial charge >= 0.3 is 5.97 Å². The van der Waals surface area contributed by atoms with Gasteiger partial charge in [-0.1, -0.05) is 30.3 Å². The summed E-state index contributed by atoms with van der Waals surface area (Å²) in [6.07, 6.45) is 0. The first-order valence-electron chi connectivity index (χ1n) is 8.36. The van der Waals surface area contributed by atoms with Crippen molar-refractivity contribution in [3.05, 3.63) is 104 Å². The molecule has 0 unspecified atom stereocenters. The highest BCUT2D eigenvalue weighted by Crippen LogP contribution is 2.26. The van der Waals surface area contributed by atoms with E-state index >= 15 is 0 Å². The Morgan fingerprint density at radius 1 is 0.828 bits per heavy atom. The number of nitrogens with zero attached hydrogens (tertiary/aromatic N) is 2. The van der Waals surface area contributed by atoms with Gasteiger partial charge in [0.05, 0.1) is 15.9 Å². The zero-order valence-corrected chi connectivity index (χ0v) is 14.9. The first kappa shape index (κ1) is 19.5. The van der Waals surface area contributed by atoms with Gasteiger partial charge in [-0.25, -0.2) is 4.79 Å². The minimum Gasteiger partial charge on any atom is -0.489 e. The number of rotatable bonds is 7. The Labute approximate surface area is 164 Å². The Morgan fingerprint density at radius 3 is 2.10 bits per heavy atom. The summed E-state index contributed by atoms with van der Waals surface area (Å²) in [5.74, 6) is -0.297. The van der Waals surface area contributed by atoms with Crippen molar-refractivity contribution in [1.29, 1.82) is 0 Å². The van der Waals surface area contributed by atoms with E-state index in [0.29, 0.717) is 12.4 Å². The van der Waals surface area contributed by atoms with Gasteiger partial charge in [0.1, 0.15) is 23.7 Å². The van der Waals surface area contributed by atoms with Gasteiger partial charge in [0.15, 0.2) is 0 Å². The van der Waals surface area contributed by atoms with Crippen LogP contribution < -0.4 is 9.47 Å². The first-order chi connectivity index (χ1) is 13.9. The van der Waals surface area contributed by atoms with Crippen molar-refractivity contribution in [1.82, 2.24) is 0 Å². The van der Waals surface area contributed by atoms with Gasteiger partial charge in [-0.3, -0.25) is 20.2 Å². The number of nitro groups is 2. The first-order valence-corrected chi connectivity index (χ1v) is 8.36. The number of carbonyl (C=O) groups excluding carboxylic acids is 1. The van der Waals surface area contributed by atoms with Gasteiger partial charge in [-0.2, -0.15) is 0 Å². The highest BCUT2D eigenvalue weighted by Gasteiger charge is 2.25. The zero-order valence-electron chi connectivity index (χ0n) is 14.9. The Hall–Kier alpha value is -4.27. The van der Waals surface area contributed by atoms with Crippen molar-refractivity contribution < 1.29 is 24.1 Å². The molecule has 0 spiro atoms. The van der Waals surface area contributed by atoms with Gasteiger partial charge in [0.25, 0.3) is 11.4 Å². The molecule has 29 heavy (non-hydrogen) atoms. The fourth-order valence-corrected chi connectivity index (χ4v) is 2.46. The van der Waals surface area contributed by atoms with Gasteiger partial charge in [-0.05, 0) is 35.9 Å². The molecular formula is C20H14N2O7. The molecule has 0 heterocycles. The van der Waals surface area contributed by atoms with Crippen molar-refractivity contribution in [2.45, 2.75) is 6.61 Å². The monoisotopic (exact) mass is 394 g/mol. The number of carbonyl (C=O) groups is 1. The standard InChI is InChI=1S/C20H14N2O7/c23-20(18-11-6-15(21(24)25)12-19(18)22(26)27)29-17-9-7-16(8-10-17)28-13-14-4-2-1-3-5-14/h1-12H,13H2. The molecule has 0 radical (unpaired) electrons. The van der Waals surface area contributed by atoms with Gasteiger partial charge in [0.2, 0.25) is 0 Å². The van der Waals surface area contributed by atoms with Crippen LogP contribution in [0.2, 0.25) is 0 Å². The highest BCUT2D eigenvalue weighted by molar-refractivity contribution is 5.95. The van der Waals surface area contributed by atoms with Crippen molar-refractivity contribution in [2.75, 3.05) is 0 Å². The lowest BCUT2D eigenvalue weighted by atomic mass is 10.1. The number of esters is 1. The maximum absolute atomic E-state index is 12.3. The maximum atomic E-state index is 12.3. The predicted molar refractivity (Wildman–Crippen MR) is 102 cm³/mol. The Kier molecular flexibility index (Phi) is 5.79. The summed E-state index contributed by atoms with van der Waals surface area (Å²) in [4.78, 5) is 32.6. The number of non-ortho nitro benzene ring substituents is 1. The van der Waals surface area contributed by atoms with Crippen LogP contribution in [0, 0.1) is 20.2 Å². The lowest BCUT2D eigenvalue weighted by Gasteiger charge is -2.08. The topological polar surface area (TPSA) is 122 Å². The summed E-state index contributed by atoms with van der Waals surface area (Å²) in [6, 6.07) is 18.4.